The molecule has 0 radical (unpaired) electrons. The first-order chi connectivity index (χ1) is 14.1. The molecule has 3 aliphatic carbocycles. The summed E-state index contributed by atoms with van der Waals surface area (Å²) in [6, 6.07) is 8.42. The third-order valence-corrected chi connectivity index (χ3v) is 7.99. The number of hydrogen-bond acceptors (Lipinski definition) is 3. The van der Waals surface area contributed by atoms with Crippen molar-refractivity contribution in [3.63, 3.8) is 0 Å². The van der Waals surface area contributed by atoms with Crippen LogP contribution in [0, 0.1) is 17.3 Å². The number of benzene rings is 1. The molecule has 154 valence electrons. The van der Waals surface area contributed by atoms with E-state index < -0.39 is 0 Å². The van der Waals surface area contributed by atoms with Crippen LogP contribution in [-0.2, 0) is 9.53 Å². The Kier molecular flexibility index (Phi) is 4.90. The van der Waals surface area contributed by atoms with E-state index in [2.05, 4.69) is 19.1 Å². The molecule has 0 N–H and O–H groups in total. The van der Waals surface area contributed by atoms with Gasteiger partial charge in [-0.15, -0.1) is 0 Å². The Morgan fingerprint density at radius 1 is 1.07 bits per heavy atom. The summed E-state index contributed by atoms with van der Waals surface area (Å²) in [6.45, 7) is 3.30. The van der Waals surface area contributed by atoms with Crippen molar-refractivity contribution in [2.75, 3.05) is 13.7 Å². The van der Waals surface area contributed by atoms with Crippen molar-refractivity contribution in [3.8, 4) is 5.75 Å². The summed E-state index contributed by atoms with van der Waals surface area (Å²) in [5, 5.41) is 0. The van der Waals surface area contributed by atoms with Crippen molar-refractivity contribution < 1.29 is 14.3 Å². The Bertz CT molecular complexity index is 862. The van der Waals surface area contributed by atoms with E-state index in [-0.39, 0.29) is 11.5 Å². The second kappa shape index (κ2) is 7.43. The van der Waals surface area contributed by atoms with Gasteiger partial charge in [-0.2, -0.15) is 0 Å². The summed E-state index contributed by atoms with van der Waals surface area (Å²) in [6.07, 6.45) is 10.9. The molecule has 2 fully saturated rings. The Morgan fingerprint density at radius 3 is 2.69 bits per heavy atom. The standard InChI is InChI=1S/C26H32O3/c1-26-14-4-3-5-23(26)22-12-8-18-15-19(27)9-13-21(18)24(22)25(29-16-26)17-6-10-20(28-2)11-7-17/h6-7,10-11,15,22-23,25H,3-5,8-9,12-14,16H2,1-2H3/t22?,23?,25-,26-/m0/s1. The van der Waals surface area contributed by atoms with Gasteiger partial charge in [-0.25, -0.2) is 0 Å². The van der Waals surface area contributed by atoms with Gasteiger partial charge in [-0.3, -0.25) is 4.79 Å². The van der Waals surface area contributed by atoms with Crippen LogP contribution in [0.5, 0.6) is 5.75 Å². The minimum Gasteiger partial charge on any atom is -0.497 e. The van der Waals surface area contributed by atoms with Crippen LogP contribution < -0.4 is 4.74 Å². The van der Waals surface area contributed by atoms with Crippen molar-refractivity contribution >= 4 is 5.78 Å². The Labute approximate surface area is 174 Å². The highest BCUT2D eigenvalue weighted by molar-refractivity contribution is 5.93. The maximum atomic E-state index is 12.1. The second-order valence-electron chi connectivity index (χ2n) is 9.69. The summed E-state index contributed by atoms with van der Waals surface area (Å²) in [7, 11) is 1.71. The average Bonchev–Trinajstić information content (AvgIpc) is 2.87. The quantitative estimate of drug-likeness (QED) is 0.623. The topological polar surface area (TPSA) is 35.5 Å². The van der Waals surface area contributed by atoms with Crippen LogP contribution in [0.15, 0.2) is 47.1 Å². The highest BCUT2D eigenvalue weighted by Gasteiger charge is 2.49. The van der Waals surface area contributed by atoms with E-state index in [1.165, 1.54) is 48.0 Å². The Hall–Kier alpha value is -1.87. The third-order valence-electron chi connectivity index (χ3n) is 7.99. The minimum absolute atomic E-state index is 0.000216. The van der Waals surface area contributed by atoms with E-state index in [1.54, 1.807) is 7.11 Å². The lowest BCUT2D eigenvalue weighted by molar-refractivity contribution is -0.114. The number of ketones is 1. The van der Waals surface area contributed by atoms with Crippen molar-refractivity contribution in [2.45, 2.75) is 64.4 Å². The van der Waals surface area contributed by atoms with E-state index in [0.717, 1.165) is 31.6 Å². The lowest BCUT2D eigenvalue weighted by Crippen LogP contribution is -2.39. The molecule has 4 atom stereocenters. The number of fused-ring (bicyclic) bond motifs is 4. The fraction of sp³-hybridized carbons (Fsp3) is 0.577. The molecular weight excluding hydrogens is 360 g/mol. The summed E-state index contributed by atoms with van der Waals surface area (Å²) in [5.74, 6) is 2.45. The smallest absolute Gasteiger partial charge is 0.156 e. The van der Waals surface area contributed by atoms with Crippen molar-refractivity contribution in [3.05, 3.63) is 52.6 Å². The molecule has 0 aromatic heterocycles. The number of rotatable bonds is 2. The normalized spacial score (nSPS) is 34.5. The molecule has 1 saturated carbocycles. The van der Waals surface area contributed by atoms with Gasteiger partial charge in [0.15, 0.2) is 5.78 Å². The number of ether oxygens (including phenoxy) is 2. The highest BCUT2D eigenvalue weighted by Crippen LogP contribution is 2.57. The molecule has 0 bridgehead atoms. The third kappa shape index (κ3) is 3.28. The van der Waals surface area contributed by atoms with Gasteiger partial charge in [-0.1, -0.05) is 31.9 Å². The van der Waals surface area contributed by atoms with E-state index in [4.69, 9.17) is 9.47 Å². The molecule has 1 saturated heterocycles. The van der Waals surface area contributed by atoms with Crippen LogP contribution in [0.3, 0.4) is 0 Å². The van der Waals surface area contributed by atoms with Gasteiger partial charge in [0.25, 0.3) is 0 Å². The zero-order valence-corrected chi connectivity index (χ0v) is 17.7. The highest BCUT2D eigenvalue weighted by atomic mass is 16.5. The van der Waals surface area contributed by atoms with Crippen molar-refractivity contribution in [1.29, 1.82) is 0 Å². The summed E-state index contributed by atoms with van der Waals surface area (Å²) in [4.78, 5) is 12.1. The van der Waals surface area contributed by atoms with Crippen LogP contribution in [0.25, 0.3) is 0 Å². The maximum Gasteiger partial charge on any atom is 0.156 e. The predicted octanol–water partition coefficient (Wildman–Crippen LogP) is 5.96. The fourth-order valence-corrected chi connectivity index (χ4v) is 6.49. The summed E-state index contributed by atoms with van der Waals surface area (Å²) < 4.78 is 12.1. The lowest BCUT2D eigenvalue weighted by atomic mass is 9.58. The van der Waals surface area contributed by atoms with E-state index in [0.29, 0.717) is 24.0 Å². The van der Waals surface area contributed by atoms with Crippen molar-refractivity contribution in [1.82, 2.24) is 0 Å². The first-order valence-corrected chi connectivity index (χ1v) is 11.3. The minimum atomic E-state index is 0.000216. The monoisotopic (exact) mass is 392 g/mol. The van der Waals surface area contributed by atoms with Crippen LogP contribution in [0.2, 0.25) is 0 Å². The van der Waals surface area contributed by atoms with Crippen LogP contribution >= 0.6 is 0 Å². The first-order valence-electron chi connectivity index (χ1n) is 11.3. The number of hydrogen-bond donors (Lipinski definition) is 0. The van der Waals surface area contributed by atoms with Gasteiger partial charge in [0.2, 0.25) is 0 Å². The molecule has 1 heterocycles. The van der Waals surface area contributed by atoms with E-state index in [9.17, 15) is 4.79 Å². The molecule has 1 aliphatic heterocycles. The van der Waals surface area contributed by atoms with Gasteiger partial charge >= 0.3 is 0 Å². The molecule has 1 aromatic carbocycles. The molecule has 1 aromatic rings. The van der Waals surface area contributed by atoms with Gasteiger partial charge < -0.3 is 9.47 Å². The molecule has 29 heavy (non-hydrogen) atoms. The molecule has 0 amide bonds. The average molecular weight is 393 g/mol. The van der Waals surface area contributed by atoms with Crippen molar-refractivity contribution in [2.24, 2.45) is 17.3 Å². The maximum absolute atomic E-state index is 12.1. The van der Waals surface area contributed by atoms with Gasteiger partial charge in [0.1, 0.15) is 11.9 Å². The van der Waals surface area contributed by atoms with Gasteiger partial charge in [-0.05, 0) is 89.8 Å². The zero-order chi connectivity index (χ0) is 20.0. The molecule has 5 rings (SSSR count). The van der Waals surface area contributed by atoms with E-state index >= 15 is 0 Å². The largest absolute Gasteiger partial charge is 0.497 e. The number of carbonyl (C=O) groups is 1. The predicted molar refractivity (Wildman–Crippen MR) is 114 cm³/mol. The second-order valence-corrected chi connectivity index (χ2v) is 9.69. The van der Waals surface area contributed by atoms with E-state index in [1.807, 2.05) is 18.2 Å². The SMILES string of the molecule is COc1ccc([C@@H]2OC[C@]3(C)CCCCC3C3CCC4=CC(=O)CCC4=C32)cc1. The molecule has 2 unspecified atom stereocenters. The summed E-state index contributed by atoms with van der Waals surface area (Å²) in [5.41, 5.74) is 5.71. The first kappa shape index (κ1) is 19.1. The zero-order valence-electron chi connectivity index (χ0n) is 17.7. The molecular formula is C26H32O3. The molecule has 0 spiro atoms. The fourth-order valence-electron chi connectivity index (χ4n) is 6.49. The number of carbonyl (C=O) groups excluding carboxylic acids is 1. The molecule has 3 nitrogen and oxygen atoms in total. The molecule has 4 aliphatic rings. The summed E-state index contributed by atoms with van der Waals surface area (Å²) >= 11 is 0. The van der Waals surface area contributed by atoms with Crippen LogP contribution in [0.4, 0.5) is 0 Å². The van der Waals surface area contributed by atoms with Gasteiger partial charge in [0.05, 0.1) is 13.7 Å². The van der Waals surface area contributed by atoms with Crippen LogP contribution in [-0.4, -0.2) is 19.5 Å². The Morgan fingerprint density at radius 2 is 1.90 bits per heavy atom. The number of methoxy groups -OCH3 is 1. The Balaban J connectivity index is 1.65. The lowest BCUT2D eigenvalue weighted by Gasteiger charge is -2.45. The molecule has 3 heteroatoms. The number of allylic oxidation sites excluding steroid dienone is 3. The van der Waals surface area contributed by atoms with Crippen LogP contribution in [0.1, 0.15) is 70.0 Å². The van der Waals surface area contributed by atoms with Gasteiger partial charge in [0, 0.05) is 6.42 Å².